The molecule has 0 amide bonds. The van der Waals surface area contributed by atoms with Crippen molar-refractivity contribution < 1.29 is 5.11 Å². The first kappa shape index (κ1) is 17.2. The fraction of sp³-hybridized carbons (Fsp3) is 0.167. The number of halogens is 1. The minimum atomic E-state index is -0.241. The number of hydrogen-bond donors (Lipinski definition) is 3. The Hall–Kier alpha value is -2.67. The van der Waals surface area contributed by atoms with Crippen LogP contribution in [0, 0.1) is 0 Å². The van der Waals surface area contributed by atoms with E-state index in [1.165, 1.54) is 12.3 Å². The van der Waals surface area contributed by atoms with Gasteiger partial charge in [-0.1, -0.05) is 41.9 Å². The van der Waals surface area contributed by atoms with Gasteiger partial charge in [-0.3, -0.25) is 9.78 Å². The number of aromatic amines is 1. The van der Waals surface area contributed by atoms with Crippen molar-refractivity contribution in [3.8, 4) is 5.75 Å². The minimum absolute atomic E-state index is 0.123. The molecule has 3 rings (SSSR count). The number of hydrogen-bond acceptors (Lipinski definition) is 5. The molecule has 0 spiro atoms. The highest BCUT2D eigenvalue weighted by atomic mass is 79.9. The van der Waals surface area contributed by atoms with Gasteiger partial charge in [0.1, 0.15) is 5.75 Å². The maximum absolute atomic E-state index is 11.7. The summed E-state index contributed by atoms with van der Waals surface area (Å²) < 4.78 is 0.957. The SMILES string of the molecule is CC(C)c1cc(=O)[nH]c(N/N=C\c2c(O)ccc3cc(Br)ccc23)n1. The topological polar surface area (TPSA) is 90.4 Å². The smallest absolute Gasteiger partial charge is 0.252 e. The van der Waals surface area contributed by atoms with Crippen LogP contribution in [0.25, 0.3) is 10.8 Å². The van der Waals surface area contributed by atoms with Gasteiger partial charge < -0.3 is 5.11 Å². The number of benzene rings is 2. The average molecular weight is 401 g/mol. The van der Waals surface area contributed by atoms with E-state index < -0.39 is 0 Å². The fourth-order valence-electron chi connectivity index (χ4n) is 2.43. The third kappa shape index (κ3) is 3.88. The second kappa shape index (κ2) is 7.06. The van der Waals surface area contributed by atoms with Gasteiger partial charge in [0.25, 0.3) is 5.56 Å². The van der Waals surface area contributed by atoms with Gasteiger partial charge in [0.2, 0.25) is 5.95 Å². The number of hydrazone groups is 1. The number of nitrogens with one attached hydrogen (secondary N) is 2. The summed E-state index contributed by atoms with van der Waals surface area (Å²) in [5.41, 5.74) is 3.74. The van der Waals surface area contributed by atoms with Gasteiger partial charge in [-0.05, 0) is 34.9 Å². The molecule has 6 nitrogen and oxygen atoms in total. The lowest BCUT2D eigenvalue weighted by atomic mass is 10.0. The predicted molar refractivity (Wildman–Crippen MR) is 103 cm³/mol. The van der Waals surface area contributed by atoms with E-state index in [1.807, 2.05) is 38.1 Å². The highest BCUT2D eigenvalue weighted by Crippen LogP contribution is 2.28. The number of nitrogens with zero attached hydrogens (tertiary/aromatic N) is 2. The molecule has 0 aliphatic carbocycles. The Morgan fingerprint density at radius 1 is 1.28 bits per heavy atom. The summed E-state index contributed by atoms with van der Waals surface area (Å²) in [6, 6.07) is 10.7. The summed E-state index contributed by atoms with van der Waals surface area (Å²) in [5, 5.41) is 16.1. The monoisotopic (exact) mass is 400 g/mol. The second-order valence-electron chi connectivity index (χ2n) is 5.91. The lowest BCUT2D eigenvalue weighted by Gasteiger charge is -2.07. The molecule has 1 heterocycles. The van der Waals surface area contributed by atoms with Crippen molar-refractivity contribution in [1.29, 1.82) is 0 Å². The molecular formula is C18H17BrN4O2. The Kier molecular flexibility index (Phi) is 4.85. The summed E-state index contributed by atoms with van der Waals surface area (Å²) >= 11 is 3.43. The van der Waals surface area contributed by atoms with Gasteiger partial charge in [-0.15, -0.1) is 0 Å². The van der Waals surface area contributed by atoms with Gasteiger partial charge in [-0.2, -0.15) is 5.10 Å². The average Bonchev–Trinajstić information content (AvgIpc) is 2.56. The first-order chi connectivity index (χ1) is 11.9. The van der Waals surface area contributed by atoms with Crippen molar-refractivity contribution in [3.63, 3.8) is 0 Å². The van der Waals surface area contributed by atoms with E-state index in [0.717, 1.165) is 15.2 Å². The quantitative estimate of drug-likeness (QED) is 0.456. The first-order valence-electron chi connectivity index (χ1n) is 7.75. The molecule has 1 aromatic heterocycles. The van der Waals surface area contributed by atoms with Gasteiger partial charge in [-0.25, -0.2) is 10.4 Å². The largest absolute Gasteiger partial charge is 0.507 e. The standard InChI is InChI=1S/C18H17BrN4O2/c1-10(2)15-8-17(25)22-18(21-15)23-20-9-14-13-5-4-12(19)7-11(13)3-6-16(14)24/h3-10,24H,1-2H3,(H2,21,22,23,25)/b20-9-. The highest BCUT2D eigenvalue weighted by molar-refractivity contribution is 9.10. The van der Waals surface area contributed by atoms with Crippen LogP contribution in [-0.4, -0.2) is 21.3 Å². The number of phenols is 1. The normalized spacial score (nSPS) is 11.5. The molecule has 0 atom stereocenters. The molecular weight excluding hydrogens is 384 g/mol. The molecule has 2 aromatic carbocycles. The molecule has 0 aliphatic rings. The molecule has 7 heteroatoms. The zero-order valence-electron chi connectivity index (χ0n) is 13.7. The van der Waals surface area contributed by atoms with Crippen molar-refractivity contribution in [1.82, 2.24) is 9.97 Å². The van der Waals surface area contributed by atoms with Gasteiger partial charge >= 0.3 is 0 Å². The van der Waals surface area contributed by atoms with Gasteiger partial charge in [0, 0.05) is 16.1 Å². The molecule has 0 saturated heterocycles. The van der Waals surface area contributed by atoms with Crippen LogP contribution in [0.3, 0.4) is 0 Å². The maximum Gasteiger partial charge on any atom is 0.252 e. The molecule has 0 unspecified atom stereocenters. The number of anilines is 1. The van der Waals surface area contributed by atoms with Crippen molar-refractivity contribution in [2.75, 3.05) is 5.43 Å². The van der Waals surface area contributed by atoms with E-state index in [2.05, 4.69) is 36.4 Å². The molecule has 25 heavy (non-hydrogen) atoms. The predicted octanol–water partition coefficient (Wildman–Crippen LogP) is 3.96. The third-order valence-corrected chi connectivity index (χ3v) is 4.21. The van der Waals surface area contributed by atoms with Crippen LogP contribution in [0.5, 0.6) is 5.75 Å². The summed E-state index contributed by atoms with van der Waals surface area (Å²) in [5.74, 6) is 0.514. The molecule has 0 bridgehead atoms. The number of aromatic hydroxyl groups is 1. The Labute approximate surface area is 152 Å². The Balaban J connectivity index is 1.92. The number of fused-ring (bicyclic) bond motifs is 1. The van der Waals surface area contributed by atoms with E-state index in [4.69, 9.17) is 0 Å². The van der Waals surface area contributed by atoms with E-state index in [0.29, 0.717) is 11.3 Å². The molecule has 128 valence electrons. The zero-order chi connectivity index (χ0) is 18.0. The van der Waals surface area contributed by atoms with Crippen LogP contribution in [0.1, 0.15) is 31.0 Å². The maximum atomic E-state index is 11.7. The zero-order valence-corrected chi connectivity index (χ0v) is 15.3. The molecule has 3 N–H and O–H groups in total. The van der Waals surface area contributed by atoms with Gasteiger partial charge in [0.05, 0.1) is 11.9 Å². The van der Waals surface area contributed by atoms with Crippen LogP contribution < -0.4 is 11.0 Å². The van der Waals surface area contributed by atoms with Crippen LogP contribution in [-0.2, 0) is 0 Å². The van der Waals surface area contributed by atoms with Crippen molar-refractivity contribution in [2.24, 2.45) is 5.10 Å². The summed E-state index contributed by atoms with van der Waals surface area (Å²) in [6.45, 7) is 3.92. The van der Waals surface area contributed by atoms with Crippen LogP contribution in [0.15, 0.2) is 50.8 Å². The lowest BCUT2D eigenvalue weighted by molar-refractivity contribution is 0.475. The summed E-state index contributed by atoms with van der Waals surface area (Å²) in [6.07, 6.45) is 1.51. The molecule has 3 aromatic rings. The summed E-state index contributed by atoms with van der Waals surface area (Å²) in [4.78, 5) is 18.6. The van der Waals surface area contributed by atoms with Crippen molar-refractivity contribution in [2.45, 2.75) is 19.8 Å². The first-order valence-corrected chi connectivity index (χ1v) is 8.55. The van der Waals surface area contributed by atoms with Crippen LogP contribution in [0.2, 0.25) is 0 Å². The lowest BCUT2D eigenvalue weighted by Crippen LogP contribution is -2.12. The van der Waals surface area contributed by atoms with Crippen LogP contribution >= 0.6 is 15.9 Å². The Morgan fingerprint density at radius 3 is 2.84 bits per heavy atom. The van der Waals surface area contributed by atoms with Crippen molar-refractivity contribution >= 4 is 38.9 Å². The fourth-order valence-corrected chi connectivity index (χ4v) is 2.81. The van der Waals surface area contributed by atoms with E-state index >= 15 is 0 Å². The summed E-state index contributed by atoms with van der Waals surface area (Å²) in [7, 11) is 0. The number of rotatable bonds is 4. The van der Waals surface area contributed by atoms with E-state index in [1.54, 1.807) is 6.07 Å². The van der Waals surface area contributed by atoms with Crippen LogP contribution in [0.4, 0.5) is 5.95 Å². The number of phenolic OH excluding ortho intramolecular Hbond substituents is 1. The van der Waals surface area contributed by atoms with Gasteiger partial charge in [0.15, 0.2) is 0 Å². The van der Waals surface area contributed by atoms with E-state index in [9.17, 15) is 9.90 Å². The Bertz CT molecular complexity index is 1010. The van der Waals surface area contributed by atoms with Crippen molar-refractivity contribution in [3.05, 3.63) is 62.5 Å². The molecule has 0 saturated carbocycles. The van der Waals surface area contributed by atoms with E-state index in [-0.39, 0.29) is 23.2 Å². The molecule has 0 radical (unpaired) electrons. The number of aromatic nitrogens is 2. The Morgan fingerprint density at radius 2 is 2.08 bits per heavy atom. The molecule has 0 fully saturated rings. The number of H-pyrrole nitrogens is 1. The second-order valence-corrected chi connectivity index (χ2v) is 6.82. The minimum Gasteiger partial charge on any atom is -0.507 e. The third-order valence-electron chi connectivity index (χ3n) is 3.72. The highest BCUT2D eigenvalue weighted by Gasteiger charge is 2.07. The molecule has 0 aliphatic heterocycles.